The molecule has 9 aromatic carbocycles. The zero-order valence-corrected chi connectivity index (χ0v) is 36.5. The minimum absolute atomic E-state index is 0.631. The van der Waals surface area contributed by atoms with Crippen molar-refractivity contribution < 1.29 is 0 Å². The second kappa shape index (κ2) is 15.5. The summed E-state index contributed by atoms with van der Waals surface area (Å²) in [6, 6.07) is 73.0. The minimum Gasteiger partial charge on any atom is -0.309 e. The van der Waals surface area contributed by atoms with Gasteiger partial charge in [-0.2, -0.15) is 10.5 Å². The summed E-state index contributed by atoms with van der Waals surface area (Å²) in [4.78, 5) is 8.87. The van der Waals surface area contributed by atoms with E-state index in [0.717, 1.165) is 121 Å². The quantitative estimate of drug-likeness (QED) is 0.156. The van der Waals surface area contributed by atoms with Crippen LogP contribution in [0.4, 0.5) is 0 Å². The first-order valence-electron chi connectivity index (χ1n) is 22.6. The van der Waals surface area contributed by atoms with Crippen LogP contribution in [0.15, 0.2) is 219 Å². The van der Waals surface area contributed by atoms with Crippen LogP contribution in [-0.4, -0.2) is 19.1 Å². The highest BCUT2D eigenvalue weighted by Gasteiger charge is 2.21. The molecule has 4 aromatic heterocycles. The topological polar surface area (TPSA) is 83.2 Å². The first-order valence-corrected chi connectivity index (χ1v) is 22.6. The van der Waals surface area contributed by atoms with Crippen molar-refractivity contribution >= 4 is 65.2 Å². The lowest BCUT2D eigenvalue weighted by Gasteiger charge is -2.19. The Balaban J connectivity index is 1.05. The van der Waals surface area contributed by atoms with Gasteiger partial charge in [0.1, 0.15) is 0 Å². The van der Waals surface area contributed by atoms with Crippen LogP contribution in [0.25, 0.3) is 121 Å². The van der Waals surface area contributed by atoms with Crippen molar-refractivity contribution in [1.82, 2.24) is 19.1 Å². The van der Waals surface area contributed by atoms with E-state index in [2.05, 4.69) is 189 Å². The normalized spacial score (nSPS) is 11.5. The summed E-state index contributed by atoms with van der Waals surface area (Å²) in [5.74, 6) is 0. The number of pyridine rings is 2. The van der Waals surface area contributed by atoms with Crippen molar-refractivity contribution in [2.75, 3.05) is 0 Å². The third-order valence-electron chi connectivity index (χ3n) is 13.5. The molecule has 13 aromatic rings. The Hall–Kier alpha value is -9.62. The van der Waals surface area contributed by atoms with Crippen LogP contribution in [0.5, 0.6) is 0 Å². The molecule has 314 valence electrons. The molecule has 0 atom stereocenters. The van der Waals surface area contributed by atoms with Gasteiger partial charge in [0, 0.05) is 57.7 Å². The molecule has 0 spiro atoms. The van der Waals surface area contributed by atoms with Crippen molar-refractivity contribution in [2.24, 2.45) is 0 Å². The Bertz CT molecular complexity index is 3970. The van der Waals surface area contributed by atoms with E-state index in [-0.39, 0.29) is 0 Å². The lowest BCUT2D eigenvalue weighted by atomic mass is 9.84. The van der Waals surface area contributed by atoms with Gasteiger partial charge in [-0.05, 0) is 187 Å². The Morgan fingerprint density at radius 3 is 1.01 bits per heavy atom. The molecule has 0 saturated carbocycles. The van der Waals surface area contributed by atoms with Crippen LogP contribution in [0.1, 0.15) is 11.1 Å². The maximum Gasteiger partial charge on any atom is 0.0991 e. The van der Waals surface area contributed by atoms with E-state index in [0.29, 0.717) is 11.1 Å². The predicted molar refractivity (Wildman–Crippen MR) is 277 cm³/mol. The molecule has 0 amide bonds. The molecular formula is C62H36N6. The fraction of sp³-hybridized carbons (Fsp3) is 0. The van der Waals surface area contributed by atoms with Crippen LogP contribution < -0.4 is 0 Å². The van der Waals surface area contributed by atoms with Gasteiger partial charge < -0.3 is 9.13 Å². The first kappa shape index (κ1) is 38.8. The summed E-state index contributed by atoms with van der Waals surface area (Å²) in [6.45, 7) is 0. The summed E-state index contributed by atoms with van der Waals surface area (Å²) in [6.07, 6.45) is 7.47. The highest BCUT2D eigenvalue weighted by atomic mass is 15.0. The fourth-order valence-electron chi connectivity index (χ4n) is 10.5. The van der Waals surface area contributed by atoms with Gasteiger partial charge in [0.25, 0.3) is 0 Å². The maximum absolute atomic E-state index is 9.95. The maximum atomic E-state index is 9.95. The molecule has 0 fully saturated rings. The molecule has 0 unspecified atom stereocenters. The number of nitriles is 2. The predicted octanol–water partition coefficient (Wildman–Crippen LogP) is 15.4. The first-order chi connectivity index (χ1) is 33.6. The number of benzene rings is 9. The molecule has 0 aliphatic rings. The zero-order valence-electron chi connectivity index (χ0n) is 36.5. The van der Waals surface area contributed by atoms with Crippen molar-refractivity contribution in [1.29, 1.82) is 10.5 Å². The lowest BCUT2D eigenvalue weighted by Crippen LogP contribution is -1.94. The van der Waals surface area contributed by atoms with Crippen molar-refractivity contribution in [3.8, 4) is 68.0 Å². The van der Waals surface area contributed by atoms with E-state index < -0.39 is 0 Å². The molecule has 6 nitrogen and oxygen atoms in total. The number of hydrogen-bond acceptors (Lipinski definition) is 4. The molecule has 0 aliphatic carbocycles. The summed E-state index contributed by atoms with van der Waals surface area (Å²) >= 11 is 0. The lowest BCUT2D eigenvalue weighted by molar-refractivity contribution is 1.18. The molecule has 0 bridgehead atoms. The number of para-hydroxylation sites is 2. The molecule has 0 N–H and O–H groups in total. The second-order valence-corrected chi connectivity index (χ2v) is 17.2. The largest absolute Gasteiger partial charge is 0.309 e. The van der Waals surface area contributed by atoms with Crippen molar-refractivity contribution in [3.05, 3.63) is 230 Å². The van der Waals surface area contributed by atoms with Gasteiger partial charge in [-0.1, -0.05) is 72.8 Å². The van der Waals surface area contributed by atoms with E-state index in [1.807, 2.05) is 61.2 Å². The van der Waals surface area contributed by atoms with Gasteiger partial charge in [-0.3, -0.25) is 9.97 Å². The van der Waals surface area contributed by atoms with Crippen molar-refractivity contribution in [2.45, 2.75) is 0 Å². The van der Waals surface area contributed by atoms with Gasteiger partial charge in [0.15, 0.2) is 0 Å². The summed E-state index contributed by atoms with van der Waals surface area (Å²) in [5.41, 5.74) is 16.5. The Kier molecular flexibility index (Phi) is 8.86. The molecule has 68 heavy (non-hydrogen) atoms. The van der Waals surface area contributed by atoms with Gasteiger partial charge >= 0.3 is 0 Å². The van der Waals surface area contributed by atoms with Crippen molar-refractivity contribution in [3.63, 3.8) is 0 Å². The van der Waals surface area contributed by atoms with Crippen LogP contribution in [0, 0.1) is 22.7 Å². The smallest absolute Gasteiger partial charge is 0.0991 e. The van der Waals surface area contributed by atoms with Crippen LogP contribution in [-0.2, 0) is 0 Å². The molecule has 13 rings (SSSR count). The van der Waals surface area contributed by atoms with Gasteiger partial charge in [-0.15, -0.1) is 0 Å². The standard InChI is InChI=1S/C62H36N6/c63-37-39-11-19-57-51(31-39)53-33-45(15-21-59(53)67(57)47-7-3-1-4-8-47)43-13-17-49-55(35-43)61(41-23-27-65-28-24-41)50-18-14-44(36-56(50)62(49)42-25-29-66-30-26-42)46-16-22-60-54(34-46)52-32-40(38-64)12-20-58(52)68(60)48-9-5-2-6-10-48/h1-36H. The third kappa shape index (κ3) is 6.10. The Labute approximate surface area is 391 Å². The Morgan fingerprint density at radius 2 is 0.632 bits per heavy atom. The van der Waals surface area contributed by atoms with E-state index in [1.165, 1.54) is 0 Å². The van der Waals surface area contributed by atoms with Crippen LogP contribution >= 0.6 is 0 Å². The third-order valence-corrected chi connectivity index (χ3v) is 13.5. The van der Waals surface area contributed by atoms with Crippen LogP contribution in [0.3, 0.4) is 0 Å². The Morgan fingerprint density at radius 1 is 0.294 bits per heavy atom. The second-order valence-electron chi connectivity index (χ2n) is 17.2. The molecule has 0 aliphatic heterocycles. The van der Waals surface area contributed by atoms with Crippen LogP contribution in [0.2, 0.25) is 0 Å². The van der Waals surface area contributed by atoms with Gasteiger partial charge in [0.05, 0.1) is 45.3 Å². The number of aromatic nitrogens is 4. The van der Waals surface area contributed by atoms with E-state index in [4.69, 9.17) is 0 Å². The summed E-state index contributed by atoms with van der Waals surface area (Å²) in [7, 11) is 0. The SMILES string of the molecule is N#Cc1ccc2c(c1)c1cc(-c3ccc4c(-c5ccncc5)c5cc(-c6ccc7c(c6)c6cc(C#N)ccc6n7-c6ccccc6)ccc5c(-c5ccncc5)c4c3)ccc1n2-c1ccccc1. The monoisotopic (exact) mass is 864 g/mol. The molecule has 4 heterocycles. The number of hydrogen-bond donors (Lipinski definition) is 0. The number of fused-ring (bicyclic) bond motifs is 8. The molecular weight excluding hydrogens is 829 g/mol. The minimum atomic E-state index is 0.631. The average molecular weight is 865 g/mol. The highest BCUT2D eigenvalue weighted by molar-refractivity contribution is 6.23. The highest BCUT2D eigenvalue weighted by Crippen LogP contribution is 2.47. The molecule has 0 radical (unpaired) electrons. The number of rotatable bonds is 6. The zero-order chi connectivity index (χ0) is 45.3. The number of nitrogens with zero attached hydrogens (tertiary/aromatic N) is 6. The van der Waals surface area contributed by atoms with Gasteiger partial charge in [-0.25, -0.2) is 0 Å². The summed E-state index contributed by atoms with van der Waals surface area (Å²) in [5, 5.41) is 28.7. The van der Waals surface area contributed by atoms with E-state index in [1.54, 1.807) is 0 Å². The summed E-state index contributed by atoms with van der Waals surface area (Å²) < 4.78 is 4.56. The van der Waals surface area contributed by atoms with E-state index in [9.17, 15) is 10.5 Å². The molecule has 6 heteroatoms. The molecule has 0 saturated heterocycles. The average Bonchev–Trinajstić information content (AvgIpc) is 3.92. The van der Waals surface area contributed by atoms with Gasteiger partial charge in [0.2, 0.25) is 0 Å². The fourth-order valence-corrected chi connectivity index (χ4v) is 10.5. The van der Waals surface area contributed by atoms with E-state index >= 15 is 0 Å².